The van der Waals surface area contributed by atoms with Gasteiger partial charge in [-0.2, -0.15) is 13.2 Å². The van der Waals surface area contributed by atoms with Crippen molar-refractivity contribution in [2.45, 2.75) is 6.18 Å². The Hall–Kier alpha value is -3.01. The van der Waals surface area contributed by atoms with Gasteiger partial charge in [0, 0.05) is 17.8 Å². The first-order valence-corrected chi connectivity index (χ1v) is 9.25. The minimum atomic E-state index is -4.36. The highest BCUT2D eigenvalue weighted by atomic mass is 19.4. The molecule has 0 atom stereocenters. The number of quaternary nitrogens is 1. The van der Waals surface area contributed by atoms with Gasteiger partial charge in [0.15, 0.2) is 18.0 Å². The molecule has 2 aliphatic heterocycles. The summed E-state index contributed by atoms with van der Waals surface area (Å²) in [5.41, 5.74) is -0.0534. The second-order valence-corrected chi connectivity index (χ2v) is 6.99. The van der Waals surface area contributed by atoms with Crippen LogP contribution in [0.4, 0.5) is 24.7 Å². The Bertz CT molecular complexity index is 881. The molecule has 0 spiro atoms. The second-order valence-electron chi connectivity index (χ2n) is 6.99. The number of fused-ring (bicyclic) bond motifs is 1. The molecule has 154 valence electrons. The molecule has 1 aromatic carbocycles. The molecule has 0 saturated carbocycles. The van der Waals surface area contributed by atoms with E-state index in [1.165, 1.54) is 6.07 Å². The summed E-state index contributed by atoms with van der Waals surface area (Å²) in [6.45, 7) is 3.21. The third-order valence-electron chi connectivity index (χ3n) is 5.00. The number of aromatic amines is 1. The molecule has 0 aliphatic carbocycles. The van der Waals surface area contributed by atoms with E-state index in [0.29, 0.717) is 55.7 Å². The van der Waals surface area contributed by atoms with E-state index in [-0.39, 0.29) is 12.7 Å². The zero-order valence-electron chi connectivity index (χ0n) is 15.5. The van der Waals surface area contributed by atoms with E-state index in [2.05, 4.69) is 10.3 Å². The summed E-state index contributed by atoms with van der Waals surface area (Å²) in [5.74, 6) is 1.80. The van der Waals surface area contributed by atoms with Gasteiger partial charge < -0.3 is 19.7 Å². The maximum atomic E-state index is 12.7. The van der Waals surface area contributed by atoms with Crippen molar-refractivity contribution in [2.75, 3.05) is 49.7 Å². The number of benzene rings is 1. The van der Waals surface area contributed by atoms with Crippen LogP contribution >= 0.6 is 0 Å². The van der Waals surface area contributed by atoms with Gasteiger partial charge in [0.05, 0.1) is 5.56 Å². The standard InChI is InChI=1S/C19H19F3N4O3/c20-19(21,22)13-1-4-17(23-10-13)26-7-5-25(6-8-26)11-18(27)24-14-2-3-15-16(9-14)29-12-28-15/h1-4,9-10H,5-8,11-12H2,(H,24,27)/p+2. The number of carbonyl (C=O) groups excluding carboxylic acids is 1. The maximum absolute atomic E-state index is 12.7. The van der Waals surface area contributed by atoms with Crippen molar-refractivity contribution in [2.24, 2.45) is 0 Å². The number of rotatable bonds is 4. The van der Waals surface area contributed by atoms with Gasteiger partial charge in [-0.05, 0) is 18.2 Å². The Morgan fingerprint density at radius 1 is 1.14 bits per heavy atom. The molecule has 2 aromatic rings. The third-order valence-corrected chi connectivity index (χ3v) is 5.00. The van der Waals surface area contributed by atoms with Crippen LogP contribution in [-0.4, -0.2) is 45.4 Å². The molecule has 1 aromatic heterocycles. The Morgan fingerprint density at radius 2 is 1.90 bits per heavy atom. The topological polar surface area (TPSA) is 69.4 Å². The van der Waals surface area contributed by atoms with Crippen LogP contribution in [0.1, 0.15) is 5.56 Å². The average Bonchev–Trinajstić information content (AvgIpc) is 3.16. The second kappa shape index (κ2) is 7.78. The summed E-state index contributed by atoms with van der Waals surface area (Å²) in [6, 6.07) is 7.77. The normalized spacial score (nSPS) is 16.7. The van der Waals surface area contributed by atoms with Crippen molar-refractivity contribution in [1.29, 1.82) is 0 Å². The number of carbonyl (C=O) groups is 1. The predicted molar refractivity (Wildman–Crippen MR) is 97.0 cm³/mol. The lowest BCUT2D eigenvalue weighted by molar-refractivity contribution is -0.892. The number of halogens is 3. The highest BCUT2D eigenvalue weighted by molar-refractivity contribution is 5.91. The van der Waals surface area contributed by atoms with Gasteiger partial charge in [-0.25, -0.2) is 4.98 Å². The summed E-state index contributed by atoms with van der Waals surface area (Å²) in [5, 5.41) is 2.86. The molecular formula is C19H21F3N4O3+2. The van der Waals surface area contributed by atoms with Crippen LogP contribution in [0.15, 0.2) is 36.5 Å². The molecule has 7 nitrogen and oxygen atoms in total. The predicted octanol–water partition coefficient (Wildman–Crippen LogP) is 0.592. The van der Waals surface area contributed by atoms with Gasteiger partial charge in [-0.15, -0.1) is 0 Å². The van der Waals surface area contributed by atoms with Crippen molar-refractivity contribution < 1.29 is 37.3 Å². The molecule has 0 unspecified atom stereocenters. The van der Waals surface area contributed by atoms with Crippen LogP contribution in [-0.2, 0) is 11.0 Å². The summed E-state index contributed by atoms with van der Waals surface area (Å²) in [4.78, 5) is 18.2. The maximum Gasteiger partial charge on any atom is 0.419 e. The van der Waals surface area contributed by atoms with E-state index < -0.39 is 11.7 Å². The molecular weight excluding hydrogens is 389 g/mol. The van der Waals surface area contributed by atoms with Crippen LogP contribution in [0, 0.1) is 0 Å². The number of pyridine rings is 1. The number of ether oxygens (including phenoxy) is 2. The molecule has 10 heteroatoms. The SMILES string of the molecule is O=C(C[NH+]1CCN(c2ccc(C(F)(F)F)c[nH+]2)CC1)Nc1ccc2c(c1)OCO2. The van der Waals surface area contributed by atoms with Gasteiger partial charge in [0.1, 0.15) is 32.4 Å². The first-order valence-electron chi connectivity index (χ1n) is 9.25. The fourth-order valence-corrected chi connectivity index (χ4v) is 3.44. The van der Waals surface area contributed by atoms with Crippen LogP contribution in [0.2, 0.25) is 0 Å². The lowest BCUT2D eigenvalue weighted by atomic mass is 10.2. The first-order chi connectivity index (χ1) is 13.9. The number of nitrogens with one attached hydrogen (secondary N) is 3. The zero-order chi connectivity index (χ0) is 20.4. The van der Waals surface area contributed by atoms with E-state index in [4.69, 9.17) is 9.47 Å². The van der Waals surface area contributed by atoms with E-state index in [0.717, 1.165) is 17.2 Å². The molecule has 3 N–H and O–H groups in total. The number of piperazine rings is 1. The highest BCUT2D eigenvalue weighted by Gasteiger charge is 2.33. The number of hydrogen-bond donors (Lipinski definition) is 2. The lowest BCUT2D eigenvalue weighted by Crippen LogP contribution is -3.15. The van der Waals surface area contributed by atoms with Gasteiger partial charge >= 0.3 is 6.18 Å². The van der Waals surface area contributed by atoms with E-state index in [1.54, 1.807) is 18.2 Å². The number of alkyl halides is 3. The van der Waals surface area contributed by atoms with E-state index >= 15 is 0 Å². The van der Waals surface area contributed by atoms with E-state index in [1.807, 2.05) is 4.90 Å². The van der Waals surface area contributed by atoms with E-state index in [9.17, 15) is 18.0 Å². The summed E-state index contributed by atoms with van der Waals surface area (Å²) in [6.07, 6.45) is -3.38. The third kappa shape index (κ3) is 4.53. The van der Waals surface area contributed by atoms with Crippen LogP contribution in [0.5, 0.6) is 11.5 Å². The molecule has 0 bridgehead atoms. The number of anilines is 2. The monoisotopic (exact) mass is 410 g/mol. The van der Waals surface area contributed by atoms with Crippen molar-refractivity contribution in [3.8, 4) is 11.5 Å². The molecule has 4 rings (SSSR count). The van der Waals surface area contributed by atoms with Crippen LogP contribution in [0.25, 0.3) is 0 Å². The smallest absolute Gasteiger partial charge is 0.419 e. The van der Waals surface area contributed by atoms with Gasteiger partial charge in [0.25, 0.3) is 11.7 Å². The average molecular weight is 410 g/mol. The van der Waals surface area contributed by atoms with Crippen LogP contribution < -0.4 is 29.6 Å². The number of aromatic nitrogens is 1. The summed E-state index contributed by atoms with van der Waals surface area (Å²) in [7, 11) is 0. The number of H-pyrrole nitrogens is 1. The van der Waals surface area contributed by atoms with Crippen molar-refractivity contribution in [1.82, 2.24) is 0 Å². The fourth-order valence-electron chi connectivity index (χ4n) is 3.44. The first kappa shape index (κ1) is 19.3. The van der Waals surface area contributed by atoms with Crippen molar-refractivity contribution in [3.05, 3.63) is 42.1 Å². The Labute approximate surface area is 165 Å². The summed E-state index contributed by atoms with van der Waals surface area (Å²) >= 11 is 0. The van der Waals surface area contributed by atoms with Gasteiger partial charge in [-0.1, -0.05) is 0 Å². The lowest BCUT2D eigenvalue weighted by Gasteiger charge is -2.28. The Morgan fingerprint density at radius 3 is 2.59 bits per heavy atom. The van der Waals surface area contributed by atoms with Crippen molar-refractivity contribution >= 4 is 17.4 Å². The molecule has 1 saturated heterocycles. The molecule has 2 aliphatic rings. The Balaban J connectivity index is 1.27. The number of amides is 1. The van der Waals surface area contributed by atoms with Crippen LogP contribution in [0.3, 0.4) is 0 Å². The molecule has 1 fully saturated rings. The molecule has 3 heterocycles. The number of nitrogens with zero attached hydrogens (tertiary/aromatic N) is 1. The minimum absolute atomic E-state index is 0.103. The molecule has 0 radical (unpaired) electrons. The quantitative estimate of drug-likeness (QED) is 0.775. The van der Waals surface area contributed by atoms with Gasteiger partial charge in [-0.3, -0.25) is 9.69 Å². The number of hydrogen-bond acceptors (Lipinski definition) is 4. The van der Waals surface area contributed by atoms with Gasteiger partial charge in [0.2, 0.25) is 6.79 Å². The Kier molecular flexibility index (Phi) is 5.18. The molecule has 1 amide bonds. The largest absolute Gasteiger partial charge is 0.454 e. The minimum Gasteiger partial charge on any atom is -0.454 e. The highest BCUT2D eigenvalue weighted by Crippen LogP contribution is 2.34. The molecule has 29 heavy (non-hydrogen) atoms. The summed E-state index contributed by atoms with van der Waals surface area (Å²) < 4.78 is 48.6. The zero-order valence-corrected chi connectivity index (χ0v) is 15.5. The fraction of sp³-hybridized carbons (Fsp3) is 0.368. The van der Waals surface area contributed by atoms with Crippen molar-refractivity contribution in [3.63, 3.8) is 0 Å².